The Labute approximate surface area is 138 Å². The van der Waals surface area contributed by atoms with E-state index in [1.807, 2.05) is 0 Å². The Hall–Kier alpha value is -2.87. The van der Waals surface area contributed by atoms with Gasteiger partial charge in [0.15, 0.2) is 6.10 Å². The molecule has 0 spiro atoms. The van der Waals surface area contributed by atoms with Crippen molar-refractivity contribution < 1.29 is 14.3 Å². The van der Waals surface area contributed by atoms with E-state index in [-0.39, 0.29) is 24.0 Å². The van der Waals surface area contributed by atoms with Crippen molar-refractivity contribution in [3.8, 4) is 5.69 Å². The standard InChI is InChI=1S/C16H18N4O4/c1-11(21)19-7-8-24-14(10-19)15(22)18-12-3-2-4-13(9-12)20-6-5-17-16(20)23/h2-6,9,14H,7-8,10H2,1H3,(H,17,23)(H,18,22)/t14-/m0/s1. The summed E-state index contributed by atoms with van der Waals surface area (Å²) in [5.41, 5.74) is 0.925. The second kappa shape index (κ2) is 6.71. The summed E-state index contributed by atoms with van der Waals surface area (Å²) < 4.78 is 6.88. The number of benzene rings is 1. The quantitative estimate of drug-likeness (QED) is 0.849. The summed E-state index contributed by atoms with van der Waals surface area (Å²) in [7, 11) is 0. The summed E-state index contributed by atoms with van der Waals surface area (Å²) in [5.74, 6) is -0.399. The normalized spacial score (nSPS) is 17.5. The van der Waals surface area contributed by atoms with Crippen molar-refractivity contribution in [1.82, 2.24) is 14.5 Å². The first-order chi connectivity index (χ1) is 11.5. The molecule has 0 saturated carbocycles. The lowest BCUT2D eigenvalue weighted by Crippen LogP contribution is -2.49. The first-order valence-corrected chi connectivity index (χ1v) is 7.59. The molecule has 1 fully saturated rings. The number of aromatic nitrogens is 2. The minimum atomic E-state index is -0.707. The number of rotatable bonds is 3. The van der Waals surface area contributed by atoms with Gasteiger partial charge in [0.1, 0.15) is 0 Å². The number of aromatic amines is 1. The average Bonchev–Trinajstić information content (AvgIpc) is 3.01. The molecule has 0 unspecified atom stereocenters. The van der Waals surface area contributed by atoms with Gasteiger partial charge in [-0.15, -0.1) is 0 Å². The van der Waals surface area contributed by atoms with Crippen LogP contribution in [-0.4, -0.2) is 52.1 Å². The molecule has 0 radical (unpaired) electrons. The lowest BCUT2D eigenvalue weighted by atomic mass is 10.2. The van der Waals surface area contributed by atoms with Gasteiger partial charge in [-0.3, -0.25) is 14.2 Å². The van der Waals surface area contributed by atoms with Crippen LogP contribution in [0.25, 0.3) is 5.69 Å². The fourth-order valence-corrected chi connectivity index (χ4v) is 2.57. The highest BCUT2D eigenvalue weighted by Gasteiger charge is 2.27. The number of carbonyl (C=O) groups is 2. The summed E-state index contributed by atoms with van der Waals surface area (Å²) in [6.07, 6.45) is 2.44. The van der Waals surface area contributed by atoms with Gasteiger partial charge in [-0.1, -0.05) is 6.07 Å². The van der Waals surface area contributed by atoms with Crippen LogP contribution in [0.5, 0.6) is 0 Å². The van der Waals surface area contributed by atoms with Gasteiger partial charge < -0.3 is 19.9 Å². The van der Waals surface area contributed by atoms with Gasteiger partial charge in [0.05, 0.1) is 18.8 Å². The van der Waals surface area contributed by atoms with Crippen molar-refractivity contribution in [2.24, 2.45) is 0 Å². The van der Waals surface area contributed by atoms with Crippen LogP contribution in [0.1, 0.15) is 6.92 Å². The third-order valence-corrected chi connectivity index (χ3v) is 3.85. The van der Waals surface area contributed by atoms with Crippen molar-refractivity contribution in [3.05, 3.63) is 47.1 Å². The maximum Gasteiger partial charge on any atom is 0.330 e. The van der Waals surface area contributed by atoms with Crippen LogP contribution in [0.2, 0.25) is 0 Å². The van der Waals surface area contributed by atoms with Crippen molar-refractivity contribution in [2.45, 2.75) is 13.0 Å². The molecule has 1 aromatic heterocycles. The van der Waals surface area contributed by atoms with Gasteiger partial charge in [0.25, 0.3) is 5.91 Å². The third kappa shape index (κ3) is 3.38. The van der Waals surface area contributed by atoms with Crippen LogP contribution >= 0.6 is 0 Å². The first-order valence-electron chi connectivity index (χ1n) is 7.59. The number of nitrogens with one attached hydrogen (secondary N) is 2. The predicted octanol–water partition coefficient (Wildman–Crippen LogP) is 0.351. The molecule has 0 aliphatic carbocycles. The molecule has 0 bridgehead atoms. The monoisotopic (exact) mass is 330 g/mol. The van der Waals surface area contributed by atoms with E-state index in [0.29, 0.717) is 24.5 Å². The zero-order valence-corrected chi connectivity index (χ0v) is 13.2. The van der Waals surface area contributed by atoms with Crippen LogP contribution in [-0.2, 0) is 14.3 Å². The fourth-order valence-electron chi connectivity index (χ4n) is 2.57. The lowest BCUT2D eigenvalue weighted by Gasteiger charge is -2.31. The Kier molecular flexibility index (Phi) is 4.48. The first kappa shape index (κ1) is 16.0. The second-order valence-corrected chi connectivity index (χ2v) is 5.50. The van der Waals surface area contributed by atoms with Gasteiger partial charge in [-0.2, -0.15) is 0 Å². The molecule has 2 heterocycles. The number of hydrogen-bond acceptors (Lipinski definition) is 4. The largest absolute Gasteiger partial charge is 0.365 e. The molecule has 2 N–H and O–H groups in total. The second-order valence-electron chi connectivity index (χ2n) is 5.50. The number of morpholine rings is 1. The topological polar surface area (TPSA) is 96.4 Å². The number of hydrogen-bond donors (Lipinski definition) is 2. The van der Waals surface area contributed by atoms with E-state index in [4.69, 9.17) is 4.74 Å². The third-order valence-electron chi connectivity index (χ3n) is 3.85. The Bertz CT molecular complexity index is 810. The lowest BCUT2D eigenvalue weighted by molar-refractivity contribution is -0.143. The molecule has 2 amide bonds. The molecule has 24 heavy (non-hydrogen) atoms. The van der Waals surface area contributed by atoms with E-state index in [1.54, 1.807) is 41.6 Å². The SMILES string of the molecule is CC(=O)N1CCO[C@H](C(=O)Nc2cccc(-n3cc[nH]c3=O)c2)C1. The molecule has 8 heteroatoms. The number of nitrogens with zero attached hydrogens (tertiary/aromatic N) is 2. The summed E-state index contributed by atoms with van der Waals surface area (Å²) >= 11 is 0. The van der Waals surface area contributed by atoms with Crippen LogP contribution in [0.15, 0.2) is 41.5 Å². The summed E-state index contributed by atoms with van der Waals surface area (Å²) in [5, 5.41) is 2.77. The predicted molar refractivity (Wildman–Crippen MR) is 87.0 cm³/mol. The Morgan fingerprint density at radius 2 is 2.21 bits per heavy atom. The van der Waals surface area contributed by atoms with E-state index in [2.05, 4.69) is 10.3 Å². The highest BCUT2D eigenvalue weighted by Crippen LogP contribution is 2.15. The van der Waals surface area contributed by atoms with Gasteiger partial charge in [0.2, 0.25) is 5.91 Å². The van der Waals surface area contributed by atoms with Crippen LogP contribution in [0.4, 0.5) is 5.69 Å². The summed E-state index contributed by atoms with van der Waals surface area (Å²) in [6.45, 7) is 2.53. The van der Waals surface area contributed by atoms with Crippen molar-refractivity contribution >= 4 is 17.5 Å². The molecule has 3 rings (SSSR count). The molecule has 2 aromatic rings. The van der Waals surface area contributed by atoms with Crippen LogP contribution in [0, 0.1) is 0 Å². The molecular formula is C16H18N4O4. The molecule has 1 atom stereocenters. The maximum absolute atomic E-state index is 12.4. The minimum Gasteiger partial charge on any atom is -0.365 e. The van der Waals surface area contributed by atoms with Gasteiger partial charge in [-0.05, 0) is 18.2 Å². The molecular weight excluding hydrogens is 312 g/mol. The van der Waals surface area contributed by atoms with Gasteiger partial charge in [0, 0.05) is 31.5 Å². The van der Waals surface area contributed by atoms with E-state index in [9.17, 15) is 14.4 Å². The van der Waals surface area contributed by atoms with Crippen molar-refractivity contribution in [1.29, 1.82) is 0 Å². The van der Waals surface area contributed by atoms with E-state index in [1.165, 1.54) is 11.5 Å². The number of anilines is 1. The van der Waals surface area contributed by atoms with E-state index < -0.39 is 6.10 Å². The number of ether oxygens (including phenoxy) is 1. The van der Waals surface area contributed by atoms with E-state index >= 15 is 0 Å². The van der Waals surface area contributed by atoms with Crippen LogP contribution in [0.3, 0.4) is 0 Å². The molecule has 1 aromatic carbocycles. The molecule has 8 nitrogen and oxygen atoms in total. The van der Waals surface area contributed by atoms with Crippen molar-refractivity contribution in [3.63, 3.8) is 0 Å². The zero-order chi connectivity index (χ0) is 17.1. The minimum absolute atomic E-state index is 0.0788. The molecule has 1 aliphatic rings. The Morgan fingerprint density at radius 3 is 2.92 bits per heavy atom. The molecule has 126 valence electrons. The average molecular weight is 330 g/mol. The summed E-state index contributed by atoms with van der Waals surface area (Å²) in [4.78, 5) is 39.6. The van der Waals surface area contributed by atoms with E-state index in [0.717, 1.165) is 0 Å². The van der Waals surface area contributed by atoms with Crippen LogP contribution < -0.4 is 11.0 Å². The van der Waals surface area contributed by atoms with Crippen molar-refractivity contribution in [2.75, 3.05) is 25.0 Å². The number of carbonyl (C=O) groups excluding carboxylic acids is 2. The highest BCUT2D eigenvalue weighted by molar-refractivity contribution is 5.95. The number of imidazole rings is 1. The smallest absolute Gasteiger partial charge is 0.330 e. The number of amides is 2. The zero-order valence-electron chi connectivity index (χ0n) is 13.2. The van der Waals surface area contributed by atoms with Gasteiger partial charge in [-0.25, -0.2) is 4.79 Å². The molecule has 1 aliphatic heterocycles. The van der Waals surface area contributed by atoms with Gasteiger partial charge >= 0.3 is 5.69 Å². The Balaban J connectivity index is 1.72. The fraction of sp³-hybridized carbons (Fsp3) is 0.312. The molecule has 1 saturated heterocycles. The summed E-state index contributed by atoms with van der Waals surface area (Å²) in [6, 6.07) is 6.93. The highest BCUT2D eigenvalue weighted by atomic mass is 16.5. The number of H-pyrrole nitrogens is 1. The maximum atomic E-state index is 12.4. The Morgan fingerprint density at radius 1 is 1.38 bits per heavy atom.